The van der Waals surface area contributed by atoms with Crippen molar-refractivity contribution in [3.05, 3.63) is 36.4 Å². The molecule has 0 radical (unpaired) electrons. The van der Waals surface area contributed by atoms with Crippen LogP contribution in [0.3, 0.4) is 0 Å². The molecule has 0 aliphatic rings. The van der Waals surface area contributed by atoms with Crippen LogP contribution in [0.1, 0.15) is 6.42 Å². The molecule has 2 aromatic rings. The normalized spacial score (nSPS) is 9.56. The lowest BCUT2D eigenvalue weighted by Crippen LogP contribution is -2.06. The predicted octanol–water partition coefficient (Wildman–Crippen LogP) is 3.49. The molecule has 0 aliphatic heterocycles. The van der Waals surface area contributed by atoms with E-state index in [4.69, 9.17) is 18.9 Å². The number of carbonyl (C=O) groups excluding carboxylic acids is 2. The molecule has 2 rings (SSSR count). The summed E-state index contributed by atoms with van der Waals surface area (Å²) in [5.41, 5.74) is 0.874. The maximum Gasteiger partial charge on any atom is 0.240 e. The molecular formula is C19H18N2O6. The molecule has 0 aromatic heterocycles. The Labute approximate surface area is 156 Å². The van der Waals surface area contributed by atoms with Gasteiger partial charge in [-0.05, 0) is 24.3 Å². The van der Waals surface area contributed by atoms with Gasteiger partial charge in [0.15, 0.2) is 23.0 Å². The number of hydrogen-bond donors (Lipinski definition) is 0. The van der Waals surface area contributed by atoms with Crippen molar-refractivity contribution in [1.82, 2.24) is 0 Å². The van der Waals surface area contributed by atoms with Crippen LogP contribution in [0.4, 0.5) is 11.4 Å². The highest BCUT2D eigenvalue weighted by molar-refractivity contribution is 5.56. The van der Waals surface area contributed by atoms with Crippen molar-refractivity contribution in [3.63, 3.8) is 0 Å². The van der Waals surface area contributed by atoms with Crippen LogP contribution in [0.15, 0.2) is 46.4 Å². The lowest BCUT2D eigenvalue weighted by molar-refractivity contribution is 0.234. The maximum absolute atomic E-state index is 10.3. The van der Waals surface area contributed by atoms with Crippen LogP contribution in [0, 0.1) is 0 Å². The van der Waals surface area contributed by atoms with E-state index >= 15 is 0 Å². The number of nitrogens with zero attached hydrogens (tertiary/aromatic N) is 2. The van der Waals surface area contributed by atoms with Gasteiger partial charge in [-0.2, -0.15) is 9.98 Å². The highest BCUT2D eigenvalue weighted by Crippen LogP contribution is 2.32. The number of ether oxygens (including phenoxy) is 4. The second kappa shape index (κ2) is 10.4. The summed E-state index contributed by atoms with van der Waals surface area (Å²) in [5.74, 6) is 2.02. The summed E-state index contributed by atoms with van der Waals surface area (Å²) < 4.78 is 21.8. The van der Waals surface area contributed by atoms with Crippen LogP contribution < -0.4 is 18.9 Å². The fourth-order valence-electron chi connectivity index (χ4n) is 2.22. The van der Waals surface area contributed by atoms with Gasteiger partial charge < -0.3 is 18.9 Å². The topological polar surface area (TPSA) is 95.8 Å². The molecular weight excluding hydrogens is 352 g/mol. The molecule has 0 unspecified atom stereocenters. The molecule has 0 saturated carbocycles. The van der Waals surface area contributed by atoms with Crippen LogP contribution in [0.2, 0.25) is 0 Å². The monoisotopic (exact) mass is 370 g/mol. The molecule has 140 valence electrons. The first kappa shape index (κ1) is 19.7. The van der Waals surface area contributed by atoms with Crippen LogP contribution in [-0.2, 0) is 9.59 Å². The Morgan fingerprint density at radius 2 is 1.19 bits per heavy atom. The van der Waals surface area contributed by atoms with Crippen molar-refractivity contribution in [1.29, 1.82) is 0 Å². The Kier molecular flexibility index (Phi) is 7.60. The average molecular weight is 370 g/mol. The van der Waals surface area contributed by atoms with Gasteiger partial charge in [0.25, 0.3) is 0 Å². The van der Waals surface area contributed by atoms with Crippen LogP contribution >= 0.6 is 0 Å². The van der Waals surface area contributed by atoms with Crippen molar-refractivity contribution in [2.24, 2.45) is 9.98 Å². The van der Waals surface area contributed by atoms with Crippen molar-refractivity contribution in [2.45, 2.75) is 6.42 Å². The molecule has 0 fully saturated rings. The zero-order valence-corrected chi connectivity index (χ0v) is 14.9. The summed E-state index contributed by atoms with van der Waals surface area (Å²) in [7, 11) is 3.01. The Bertz CT molecular complexity index is 799. The van der Waals surface area contributed by atoms with E-state index in [-0.39, 0.29) is 0 Å². The minimum absolute atomic E-state index is 0.391. The largest absolute Gasteiger partial charge is 0.493 e. The van der Waals surface area contributed by atoms with Crippen molar-refractivity contribution in [3.8, 4) is 23.0 Å². The first-order valence-electron chi connectivity index (χ1n) is 7.99. The molecule has 27 heavy (non-hydrogen) atoms. The van der Waals surface area contributed by atoms with Crippen LogP contribution in [-0.4, -0.2) is 39.6 Å². The van der Waals surface area contributed by atoms with Crippen molar-refractivity contribution < 1.29 is 28.5 Å². The minimum Gasteiger partial charge on any atom is -0.493 e. The third-order valence-electron chi connectivity index (χ3n) is 3.45. The molecule has 0 saturated heterocycles. The number of isocyanates is 2. The van der Waals surface area contributed by atoms with Gasteiger partial charge in [-0.3, -0.25) is 0 Å². The Balaban J connectivity index is 1.87. The van der Waals surface area contributed by atoms with Gasteiger partial charge in [-0.1, -0.05) is 0 Å². The Morgan fingerprint density at radius 1 is 0.741 bits per heavy atom. The quantitative estimate of drug-likeness (QED) is 0.361. The first-order chi connectivity index (χ1) is 13.2. The van der Waals surface area contributed by atoms with E-state index < -0.39 is 0 Å². The van der Waals surface area contributed by atoms with Gasteiger partial charge in [0, 0.05) is 18.6 Å². The van der Waals surface area contributed by atoms with Crippen LogP contribution in [0.25, 0.3) is 0 Å². The van der Waals surface area contributed by atoms with Crippen molar-refractivity contribution >= 4 is 23.5 Å². The molecule has 0 N–H and O–H groups in total. The van der Waals surface area contributed by atoms with Gasteiger partial charge in [-0.15, -0.1) is 0 Å². The molecule has 0 spiro atoms. The highest BCUT2D eigenvalue weighted by Gasteiger charge is 2.07. The second-order valence-electron chi connectivity index (χ2n) is 5.13. The third-order valence-corrected chi connectivity index (χ3v) is 3.45. The Morgan fingerprint density at radius 3 is 1.56 bits per heavy atom. The SMILES string of the molecule is COc1cc(N=C=O)ccc1OCCCOc1ccc(N=C=O)cc1OC. The fourth-order valence-corrected chi connectivity index (χ4v) is 2.22. The zero-order chi connectivity index (χ0) is 19.5. The van der Waals surface area contributed by atoms with Gasteiger partial charge in [0.1, 0.15) is 0 Å². The van der Waals surface area contributed by atoms with E-state index in [0.29, 0.717) is 54.0 Å². The summed E-state index contributed by atoms with van der Waals surface area (Å²) in [6.07, 6.45) is 3.56. The molecule has 0 amide bonds. The zero-order valence-electron chi connectivity index (χ0n) is 14.9. The van der Waals surface area contributed by atoms with Crippen LogP contribution in [0.5, 0.6) is 23.0 Å². The molecule has 0 atom stereocenters. The highest BCUT2D eigenvalue weighted by atomic mass is 16.5. The lowest BCUT2D eigenvalue weighted by Gasteiger charge is -2.13. The lowest BCUT2D eigenvalue weighted by atomic mass is 10.3. The standard InChI is InChI=1S/C19H18N2O6/c1-24-18-10-14(20-12-22)4-6-16(18)26-8-3-9-27-17-7-5-15(21-13-23)11-19(17)25-2/h4-7,10-11H,3,8-9H2,1-2H3. The summed E-state index contributed by atoms with van der Waals surface area (Å²) in [6, 6.07) is 9.78. The van der Waals surface area contributed by atoms with Crippen molar-refractivity contribution in [2.75, 3.05) is 27.4 Å². The second-order valence-corrected chi connectivity index (χ2v) is 5.13. The minimum atomic E-state index is 0.391. The van der Waals surface area contributed by atoms with Gasteiger partial charge >= 0.3 is 0 Å². The summed E-state index contributed by atoms with van der Waals surface area (Å²) in [4.78, 5) is 27.7. The van der Waals surface area contributed by atoms with E-state index in [1.165, 1.54) is 26.4 Å². The molecule has 0 aliphatic carbocycles. The number of methoxy groups -OCH3 is 2. The smallest absolute Gasteiger partial charge is 0.240 e. The summed E-state index contributed by atoms with van der Waals surface area (Å²) in [5, 5.41) is 0. The summed E-state index contributed by atoms with van der Waals surface area (Å²) >= 11 is 0. The molecule has 0 bridgehead atoms. The molecule has 8 nitrogen and oxygen atoms in total. The molecule has 0 heterocycles. The van der Waals surface area contributed by atoms with E-state index in [0.717, 1.165) is 0 Å². The fraction of sp³-hybridized carbons (Fsp3) is 0.263. The molecule has 2 aromatic carbocycles. The maximum atomic E-state index is 10.3. The van der Waals surface area contributed by atoms with Gasteiger partial charge in [-0.25, -0.2) is 9.59 Å². The van der Waals surface area contributed by atoms with E-state index in [1.54, 1.807) is 36.4 Å². The first-order valence-corrected chi connectivity index (χ1v) is 7.99. The number of aliphatic imine (C=N–C) groups is 2. The average Bonchev–Trinajstić information content (AvgIpc) is 2.69. The third kappa shape index (κ3) is 5.71. The molecule has 8 heteroatoms. The Hall–Kier alpha value is -3.60. The van der Waals surface area contributed by atoms with E-state index in [1.807, 2.05) is 0 Å². The predicted molar refractivity (Wildman–Crippen MR) is 97.2 cm³/mol. The number of hydrogen-bond acceptors (Lipinski definition) is 8. The van der Waals surface area contributed by atoms with Gasteiger partial charge in [0.2, 0.25) is 12.2 Å². The number of rotatable bonds is 10. The van der Waals surface area contributed by atoms with E-state index in [9.17, 15) is 9.59 Å². The summed E-state index contributed by atoms with van der Waals surface area (Å²) in [6.45, 7) is 0.783. The number of benzene rings is 2. The van der Waals surface area contributed by atoms with E-state index in [2.05, 4.69) is 9.98 Å². The van der Waals surface area contributed by atoms with Gasteiger partial charge in [0.05, 0.1) is 38.8 Å².